The summed E-state index contributed by atoms with van der Waals surface area (Å²) in [5.74, 6) is -0.620. The van der Waals surface area contributed by atoms with Crippen molar-refractivity contribution < 1.29 is 4.39 Å². The Morgan fingerprint density at radius 3 is 2.79 bits per heavy atom. The molecule has 4 nitrogen and oxygen atoms in total. The Morgan fingerprint density at radius 2 is 2.11 bits per heavy atom. The normalized spacial score (nSPS) is 10.4. The molecule has 0 aliphatic rings. The number of pyridine rings is 1. The molecule has 0 aliphatic heterocycles. The zero-order valence-electron chi connectivity index (χ0n) is 10.2. The smallest absolute Gasteiger partial charge is 0.169 e. The molecule has 0 bridgehead atoms. The zero-order chi connectivity index (χ0) is 13.8. The van der Waals surface area contributed by atoms with Crippen LogP contribution in [-0.2, 0) is 6.42 Å². The van der Waals surface area contributed by atoms with Gasteiger partial charge in [0.25, 0.3) is 0 Å². The van der Waals surface area contributed by atoms with Gasteiger partial charge in [-0.05, 0) is 24.1 Å². The van der Waals surface area contributed by atoms with Crippen molar-refractivity contribution in [1.29, 1.82) is 0 Å². The molecule has 0 unspecified atom stereocenters. The Kier molecular flexibility index (Phi) is 4.06. The molecule has 100 valence electrons. The van der Waals surface area contributed by atoms with Gasteiger partial charge in [0.2, 0.25) is 0 Å². The minimum atomic E-state index is -0.620. The van der Waals surface area contributed by atoms with Crippen molar-refractivity contribution >= 4 is 28.7 Å². The number of nitrogen functional groups attached to an aromatic ring is 2. The van der Waals surface area contributed by atoms with Crippen molar-refractivity contribution in [3.63, 3.8) is 0 Å². The summed E-state index contributed by atoms with van der Waals surface area (Å²) in [6.07, 6.45) is 4.17. The van der Waals surface area contributed by atoms with Crippen LogP contribution in [0.3, 0.4) is 0 Å². The summed E-state index contributed by atoms with van der Waals surface area (Å²) >= 11 is 5.75. The number of hydrogen-bond donors (Lipinski definition) is 3. The quantitative estimate of drug-likeness (QED) is 0.753. The van der Waals surface area contributed by atoms with E-state index in [1.54, 1.807) is 12.4 Å². The van der Waals surface area contributed by atoms with E-state index in [4.69, 9.17) is 23.1 Å². The molecular weight excluding hydrogens is 267 g/mol. The number of anilines is 3. The molecule has 1 aromatic carbocycles. The molecule has 19 heavy (non-hydrogen) atoms. The van der Waals surface area contributed by atoms with E-state index >= 15 is 0 Å². The molecular formula is C13H14ClFN4. The van der Waals surface area contributed by atoms with Gasteiger partial charge in [-0.15, -0.1) is 0 Å². The van der Waals surface area contributed by atoms with Crippen LogP contribution < -0.4 is 16.8 Å². The van der Waals surface area contributed by atoms with Crippen molar-refractivity contribution in [1.82, 2.24) is 4.98 Å². The second-order valence-electron chi connectivity index (χ2n) is 4.10. The molecule has 0 saturated carbocycles. The highest BCUT2D eigenvalue weighted by Crippen LogP contribution is 2.33. The highest BCUT2D eigenvalue weighted by atomic mass is 35.5. The van der Waals surface area contributed by atoms with Crippen molar-refractivity contribution in [2.24, 2.45) is 0 Å². The zero-order valence-corrected chi connectivity index (χ0v) is 10.9. The van der Waals surface area contributed by atoms with Gasteiger partial charge in [0.15, 0.2) is 5.82 Å². The summed E-state index contributed by atoms with van der Waals surface area (Å²) in [6, 6.07) is 5.24. The Morgan fingerprint density at radius 1 is 1.32 bits per heavy atom. The number of halogens is 2. The molecule has 0 radical (unpaired) electrons. The number of nitrogens with zero attached hydrogens (tertiary/aromatic N) is 1. The van der Waals surface area contributed by atoms with Gasteiger partial charge in [-0.25, -0.2) is 4.39 Å². The standard InChI is InChI=1S/C13H14ClFN4/c14-11-9(16)6-10(17)13(12(11)15)19-5-3-8-2-1-4-18-7-8/h1-2,4,6-7,19H,3,5,16-17H2. The number of aromatic nitrogens is 1. The monoisotopic (exact) mass is 280 g/mol. The second-order valence-corrected chi connectivity index (χ2v) is 4.47. The van der Waals surface area contributed by atoms with Crippen molar-refractivity contribution in [2.75, 3.05) is 23.3 Å². The Bertz CT molecular complexity index is 575. The van der Waals surface area contributed by atoms with Gasteiger partial charge in [-0.1, -0.05) is 17.7 Å². The third kappa shape index (κ3) is 3.06. The van der Waals surface area contributed by atoms with Crippen LogP contribution >= 0.6 is 11.6 Å². The van der Waals surface area contributed by atoms with E-state index in [0.717, 1.165) is 5.56 Å². The number of nitrogens with one attached hydrogen (secondary N) is 1. The highest BCUT2D eigenvalue weighted by Gasteiger charge is 2.13. The first-order chi connectivity index (χ1) is 9.09. The van der Waals surface area contributed by atoms with E-state index in [1.807, 2.05) is 12.1 Å². The fourth-order valence-electron chi connectivity index (χ4n) is 1.72. The van der Waals surface area contributed by atoms with E-state index in [0.29, 0.717) is 13.0 Å². The highest BCUT2D eigenvalue weighted by molar-refractivity contribution is 6.33. The molecule has 5 N–H and O–H groups in total. The third-order valence-corrected chi connectivity index (χ3v) is 3.09. The second kappa shape index (κ2) is 5.75. The molecule has 0 spiro atoms. The lowest BCUT2D eigenvalue weighted by atomic mass is 10.2. The van der Waals surface area contributed by atoms with E-state index in [-0.39, 0.29) is 22.1 Å². The fraction of sp³-hybridized carbons (Fsp3) is 0.154. The molecule has 2 aromatic rings. The van der Waals surface area contributed by atoms with Crippen LogP contribution in [0.15, 0.2) is 30.6 Å². The first kappa shape index (κ1) is 13.4. The van der Waals surface area contributed by atoms with E-state index in [2.05, 4.69) is 10.3 Å². The molecule has 0 aliphatic carbocycles. The van der Waals surface area contributed by atoms with Gasteiger partial charge in [0.05, 0.1) is 17.1 Å². The Hall–Kier alpha value is -2.01. The first-order valence-electron chi connectivity index (χ1n) is 5.75. The van der Waals surface area contributed by atoms with Crippen LogP contribution in [0.1, 0.15) is 5.56 Å². The first-order valence-corrected chi connectivity index (χ1v) is 6.13. The molecule has 1 heterocycles. The van der Waals surface area contributed by atoms with Gasteiger partial charge >= 0.3 is 0 Å². The molecule has 6 heteroatoms. The molecule has 0 amide bonds. The average Bonchev–Trinajstić information content (AvgIpc) is 2.41. The molecule has 2 rings (SSSR count). The largest absolute Gasteiger partial charge is 0.397 e. The minimum Gasteiger partial charge on any atom is -0.397 e. The lowest BCUT2D eigenvalue weighted by Crippen LogP contribution is -2.10. The Labute approximate surface area is 115 Å². The maximum absolute atomic E-state index is 13.9. The van der Waals surface area contributed by atoms with Gasteiger partial charge < -0.3 is 16.8 Å². The van der Waals surface area contributed by atoms with Crippen LogP contribution in [0.2, 0.25) is 5.02 Å². The summed E-state index contributed by atoms with van der Waals surface area (Å²) in [7, 11) is 0. The van der Waals surface area contributed by atoms with Gasteiger partial charge in [0, 0.05) is 18.9 Å². The molecule has 0 fully saturated rings. The number of benzene rings is 1. The number of hydrogen-bond acceptors (Lipinski definition) is 4. The van der Waals surface area contributed by atoms with Crippen molar-refractivity contribution in [3.05, 3.63) is 47.0 Å². The van der Waals surface area contributed by atoms with Gasteiger partial charge in [0.1, 0.15) is 5.02 Å². The molecule has 0 saturated heterocycles. The maximum Gasteiger partial charge on any atom is 0.169 e. The fourth-order valence-corrected chi connectivity index (χ4v) is 1.87. The molecule has 0 atom stereocenters. The van der Waals surface area contributed by atoms with E-state index in [1.165, 1.54) is 6.07 Å². The lowest BCUT2D eigenvalue weighted by Gasteiger charge is -2.12. The van der Waals surface area contributed by atoms with E-state index in [9.17, 15) is 4.39 Å². The predicted octanol–water partition coefficient (Wildman–Crippen LogP) is 2.69. The van der Waals surface area contributed by atoms with Gasteiger partial charge in [-0.2, -0.15) is 0 Å². The van der Waals surface area contributed by atoms with Crippen LogP contribution in [-0.4, -0.2) is 11.5 Å². The van der Waals surface area contributed by atoms with Crippen LogP contribution in [0, 0.1) is 5.82 Å². The van der Waals surface area contributed by atoms with Crippen molar-refractivity contribution in [3.8, 4) is 0 Å². The minimum absolute atomic E-state index is 0.113. The summed E-state index contributed by atoms with van der Waals surface area (Å²) in [4.78, 5) is 4.01. The van der Waals surface area contributed by atoms with Crippen LogP contribution in [0.25, 0.3) is 0 Å². The lowest BCUT2D eigenvalue weighted by molar-refractivity contribution is 0.632. The SMILES string of the molecule is Nc1cc(N)c(NCCc2cccnc2)c(F)c1Cl. The van der Waals surface area contributed by atoms with E-state index < -0.39 is 5.82 Å². The molecule has 1 aromatic heterocycles. The average molecular weight is 281 g/mol. The predicted molar refractivity (Wildman–Crippen MR) is 76.7 cm³/mol. The summed E-state index contributed by atoms with van der Waals surface area (Å²) < 4.78 is 13.9. The Balaban J connectivity index is 2.06. The van der Waals surface area contributed by atoms with Crippen LogP contribution in [0.5, 0.6) is 0 Å². The number of rotatable bonds is 4. The third-order valence-electron chi connectivity index (χ3n) is 2.70. The summed E-state index contributed by atoms with van der Waals surface area (Å²) in [5, 5.41) is 2.82. The topological polar surface area (TPSA) is 77.0 Å². The van der Waals surface area contributed by atoms with Crippen molar-refractivity contribution in [2.45, 2.75) is 6.42 Å². The number of nitrogens with two attached hydrogens (primary N) is 2. The maximum atomic E-state index is 13.9. The summed E-state index contributed by atoms with van der Waals surface area (Å²) in [6.45, 7) is 0.521. The summed E-state index contributed by atoms with van der Waals surface area (Å²) in [5.41, 5.74) is 12.8. The van der Waals surface area contributed by atoms with Gasteiger partial charge in [-0.3, -0.25) is 4.98 Å². The van der Waals surface area contributed by atoms with Crippen LogP contribution in [0.4, 0.5) is 21.5 Å².